The summed E-state index contributed by atoms with van der Waals surface area (Å²) in [6.45, 7) is 2.36. The maximum atomic E-state index is 13.1. The Morgan fingerprint density at radius 3 is 2.65 bits per heavy atom. The number of likely N-dealkylation sites (N-methyl/N-ethyl adjacent to an activating group) is 1. The van der Waals surface area contributed by atoms with Crippen molar-refractivity contribution in [3.8, 4) is 5.75 Å². The van der Waals surface area contributed by atoms with Gasteiger partial charge in [0.15, 0.2) is 5.17 Å². The molecule has 0 unspecified atom stereocenters. The van der Waals surface area contributed by atoms with Crippen molar-refractivity contribution in [2.75, 3.05) is 13.7 Å². The predicted octanol–water partition coefficient (Wildman–Crippen LogP) is 5.11. The molecule has 0 saturated carbocycles. The van der Waals surface area contributed by atoms with Crippen LogP contribution >= 0.6 is 23.4 Å². The van der Waals surface area contributed by atoms with Crippen LogP contribution in [0.1, 0.15) is 12.5 Å². The number of amidine groups is 1. The molecule has 4 nitrogen and oxygen atoms in total. The summed E-state index contributed by atoms with van der Waals surface area (Å²) in [4.78, 5) is 19.3. The number of carbonyl (C=O) groups excluding carboxylic acids is 1. The summed E-state index contributed by atoms with van der Waals surface area (Å²) in [5.74, 6) is 0.160. The van der Waals surface area contributed by atoms with Crippen LogP contribution in [-0.4, -0.2) is 29.6 Å². The zero-order valence-electron chi connectivity index (χ0n) is 14.2. The largest absolute Gasteiger partial charge is 0.496 e. The van der Waals surface area contributed by atoms with Gasteiger partial charge in [-0.25, -0.2) is 9.38 Å². The van der Waals surface area contributed by atoms with Crippen LogP contribution in [0, 0.1) is 5.82 Å². The lowest BCUT2D eigenvalue weighted by Crippen LogP contribution is -2.28. The minimum atomic E-state index is -0.329. The van der Waals surface area contributed by atoms with E-state index in [0.29, 0.717) is 33.1 Å². The molecule has 0 spiro atoms. The molecule has 3 rings (SSSR count). The molecule has 0 atom stereocenters. The maximum absolute atomic E-state index is 13.1. The number of rotatable bonds is 4. The van der Waals surface area contributed by atoms with E-state index in [-0.39, 0.29) is 11.7 Å². The van der Waals surface area contributed by atoms with E-state index < -0.39 is 0 Å². The summed E-state index contributed by atoms with van der Waals surface area (Å²) in [5, 5.41) is 1.11. The molecule has 2 aromatic carbocycles. The van der Waals surface area contributed by atoms with E-state index in [0.717, 1.165) is 5.56 Å². The third kappa shape index (κ3) is 3.92. The van der Waals surface area contributed by atoms with Crippen molar-refractivity contribution in [1.29, 1.82) is 0 Å². The molecule has 1 heterocycles. The van der Waals surface area contributed by atoms with E-state index in [1.807, 2.05) is 6.92 Å². The van der Waals surface area contributed by atoms with Gasteiger partial charge in [-0.1, -0.05) is 11.6 Å². The highest BCUT2D eigenvalue weighted by Crippen LogP contribution is 2.36. The van der Waals surface area contributed by atoms with Crippen molar-refractivity contribution < 1.29 is 13.9 Å². The summed E-state index contributed by atoms with van der Waals surface area (Å²) >= 11 is 7.32. The van der Waals surface area contributed by atoms with Crippen LogP contribution in [0.2, 0.25) is 5.02 Å². The summed E-state index contributed by atoms with van der Waals surface area (Å²) in [6, 6.07) is 11.0. The van der Waals surface area contributed by atoms with Crippen LogP contribution in [0.15, 0.2) is 52.4 Å². The molecule has 0 bridgehead atoms. The highest BCUT2D eigenvalue weighted by Gasteiger charge is 2.32. The summed E-state index contributed by atoms with van der Waals surface area (Å²) in [6.07, 6.45) is 1.74. The lowest BCUT2D eigenvalue weighted by molar-refractivity contribution is -0.122. The van der Waals surface area contributed by atoms with Crippen LogP contribution in [0.25, 0.3) is 6.08 Å². The molecular formula is C19H16ClFN2O2S. The van der Waals surface area contributed by atoms with Crippen LogP contribution in [0.5, 0.6) is 5.75 Å². The van der Waals surface area contributed by atoms with Gasteiger partial charge in [-0.15, -0.1) is 0 Å². The molecule has 7 heteroatoms. The van der Waals surface area contributed by atoms with Crippen molar-refractivity contribution in [3.63, 3.8) is 0 Å². The Hall–Kier alpha value is -2.31. The smallest absolute Gasteiger partial charge is 0.266 e. The second-order valence-electron chi connectivity index (χ2n) is 5.42. The normalized spacial score (nSPS) is 17.4. The number of carbonyl (C=O) groups is 1. The first-order chi connectivity index (χ1) is 12.5. The van der Waals surface area contributed by atoms with E-state index in [4.69, 9.17) is 16.3 Å². The van der Waals surface area contributed by atoms with Gasteiger partial charge in [0, 0.05) is 17.1 Å². The van der Waals surface area contributed by atoms with Crippen LogP contribution < -0.4 is 4.74 Å². The molecule has 1 aliphatic heterocycles. The summed E-state index contributed by atoms with van der Waals surface area (Å²) < 4.78 is 18.4. The van der Waals surface area contributed by atoms with E-state index in [2.05, 4.69) is 4.99 Å². The highest BCUT2D eigenvalue weighted by atomic mass is 35.5. The quantitative estimate of drug-likeness (QED) is 0.681. The van der Waals surface area contributed by atoms with Gasteiger partial charge in [-0.2, -0.15) is 0 Å². The maximum Gasteiger partial charge on any atom is 0.266 e. The molecule has 134 valence electrons. The van der Waals surface area contributed by atoms with Gasteiger partial charge in [0.05, 0.1) is 17.7 Å². The van der Waals surface area contributed by atoms with Crippen molar-refractivity contribution in [3.05, 3.63) is 63.8 Å². The molecule has 0 N–H and O–H groups in total. The topological polar surface area (TPSA) is 41.9 Å². The number of hydrogen-bond acceptors (Lipinski definition) is 4. The first kappa shape index (κ1) is 18.5. The fourth-order valence-corrected chi connectivity index (χ4v) is 3.69. The zero-order chi connectivity index (χ0) is 18.7. The third-order valence-electron chi connectivity index (χ3n) is 3.73. The number of thioether (sulfide) groups is 1. The van der Waals surface area contributed by atoms with Gasteiger partial charge >= 0.3 is 0 Å². The van der Waals surface area contributed by atoms with Gasteiger partial charge in [0.25, 0.3) is 5.91 Å². The van der Waals surface area contributed by atoms with Crippen molar-refractivity contribution in [1.82, 2.24) is 4.90 Å². The Kier molecular flexibility index (Phi) is 5.64. The number of methoxy groups -OCH3 is 1. The second kappa shape index (κ2) is 7.93. The molecule has 0 aromatic heterocycles. The molecule has 1 saturated heterocycles. The Morgan fingerprint density at radius 2 is 2.00 bits per heavy atom. The number of ether oxygens (including phenoxy) is 1. The minimum absolute atomic E-state index is 0.139. The molecule has 1 aliphatic rings. The first-order valence-electron chi connectivity index (χ1n) is 7.91. The summed E-state index contributed by atoms with van der Waals surface area (Å²) in [7, 11) is 1.56. The number of benzene rings is 2. The molecule has 26 heavy (non-hydrogen) atoms. The van der Waals surface area contributed by atoms with Gasteiger partial charge in [-0.3, -0.25) is 9.69 Å². The lowest BCUT2D eigenvalue weighted by atomic mass is 10.2. The van der Waals surface area contributed by atoms with E-state index >= 15 is 0 Å². The Labute approximate surface area is 160 Å². The zero-order valence-corrected chi connectivity index (χ0v) is 15.8. The number of nitrogens with zero attached hydrogens (tertiary/aromatic N) is 2. The fourth-order valence-electron chi connectivity index (χ4n) is 2.46. The van der Waals surface area contributed by atoms with Gasteiger partial charge in [-0.05, 0) is 67.2 Å². The van der Waals surface area contributed by atoms with E-state index in [1.165, 1.54) is 23.9 Å². The standard InChI is InChI=1S/C19H16ClFN2O2S/c1-3-23-18(24)17(11-12-10-13(20)4-9-16(12)25-2)26-19(23)22-15-7-5-14(21)6-8-15/h4-11H,3H2,1-2H3/b17-11+,22-19?. The number of halogens is 2. The van der Waals surface area contributed by atoms with Crippen LogP contribution in [0.4, 0.5) is 10.1 Å². The summed E-state index contributed by atoms with van der Waals surface area (Å²) in [5.41, 5.74) is 1.30. The van der Waals surface area contributed by atoms with Gasteiger partial charge in [0.2, 0.25) is 0 Å². The van der Waals surface area contributed by atoms with Gasteiger partial charge in [0.1, 0.15) is 11.6 Å². The Balaban J connectivity index is 1.97. The number of amides is 1. The second-order valence-corrected chi connectivity index (χ2v) is 6.86. The SMILES string of the molecule is CCN1C(=O)/C(=C\c2cc(Cl)ccc2OC)SC1=Nc1ccc(F)cc1. The molecule has 2 aromatic rings. The predicted molar refractivity (Wildman–Crippen MR) is 104 cm³/mol. The first-order valence-corrected chi connectivity index (χ1v) is 9.10. The van der Waals surface area contributed by atoms with Crippen molar-refractivity contribution in [2.45, 2.75) is 6.92 Å². The number of hydrogen-bond donors (Lipinski definition) is 0. The highest BCUT2D eigenvalue weighted by molar-refractivity contribution is 8.18. The van der Waals surface area contributed by atoms with Crippen LogP contribution in [-0.2, 0) is 4.79 Å². The third-order valence-corrected chi connectivity index (χ3v) is 4.98. The average molecular weight is 391 g/mol. The molecule has 1 amide bonds. The van der Waals surface area contributed by atoms with Crippen molar-refractivity contribution >= 4 is 46.2 Å². The van der Waals surface area contributed by atoms with E-state index in [1.54, 1.807) is 48.4 Å². The minimum Gasteiger partial charge on any atom is -0.496 e. The molecule has 0 radical (unpaired) electrons. The Bertz CT molecular complexity index is 897. The lowest BCUT2D eigenvalue weighted by Gasteiger charge is -2.12. The fraction of sp³-hybridized carbons (Fsp3) is 0.158. The Morgan fingerprint density at radius 1 is 1.27 bits per heavy atom. The van der Waals surface area contributed by atoms with Crippen molar-refractivity contribution in [2.24, 2.45) is 4.99 Å². The van der Waals surface area contributed by atoms with E-state index in [9.17, 15) is 9.18 Å². The molecular weight excluding hydrogens is 375 g/mol. The average Bonchev–Trinajstić information content (AvgIpc) is 2.92. The van der Waals surface area contributed by atoms with Crippen LogP contribution in [0.3, 0.4) is 0 Å². The molecule has 0 aliphatic carbocycles. The van der Waals surface area contributed by atoms with Gasteiger partial charge < -0.3 is 4.74 Å². The monoisotopic (exact) mass is 390 g/mol. The number of aliphatic imine (C=N–C) groups is 1. The molecule has 1 fully saturated rings.